The van der Waals surface area contributed by atoms with E-state index in [0.29, 0.717) is 21.5 Å². The Morgan fingerprint density at radius 1 is 1.13 bits per heavy atom. The smallest absolute Gasteiger partial charge is 0.416 e. The van der Waals surface area contributed by atoms with Crippen molar-refractivity contribution in [2.45, 2.75) is 12.7 Å². The molecule has 2 aromatic carbocycles. The number of allylic oxidation sites excluding steroid dienone is 1. The largest absolute Gasteiger partial charge is 0.494 e. The van der Waals surface area contributed by atoms with Gasteiger partial charge in [0, 0.05) is 35.9 Å². The van der Waals surface area contributed by atoms with Crippen LogP contribution in [0.25, 0.3) is 22.5 Å². The Labute approximate surface area is 212 Å². The Bertz CT molecular complexity index is 1560. The van der Waals surface area contributed by atoms with Crippen LogP contribution in [0.4, 0.5) is 27.6 Å². The van der Waals surface area contributed by atoms with Gasteiger partial charge in [-0.25, -0.2) is 9.36 Å². The maximum atomic E-state index is 13.1. The van der Waals surface area contributed by atoms with E-state index < -0.39 is 23.7 Å². The molecule has 0 spiro atoms. The van der Waals surface area contributed by atoms with Gasteiger partial charge in [-0.15, -0.1) is 0 Å². The lowest BCUT2D eigenvalue weighted by molar-refractivity contribution is -0.137. The van der Waals surface area contributed by atoms with E-state index in [-0.39, 0.29) is 22.8 Å². The first kappa shape index (κ1) is 26.3. The summed E-state index contributed by atoms with van der Waals surface area (Å²) in [5.41, 5.74) is -0.239. The quantitative estimate of drug-likeness (QED) is 0.228. The van der Waals surface area contributed by atoms with Crippen LogP contribution >= 0.6 is 0 Å². The molecule has 0 fully saturated rings. The van der Waals surface area contributed by atoms with E-state index in [4.69, 9.17) is 10.1 Å². The number of halogens is 5. The van der Waals surface area contributed by atoms with Crippen LogP contribution in [0.1, 0.15) is 17.8 Å². The first-order valence-electron chi connectivity index (χ1n) is 10.9. The van der Waals surface area contributed by atoms with Gasteiger partial charge in [-0.2, -0.15) is 32.1 Å². The number of hydrogen-bond donors (Lipinski definition) is 2. The highest BCUT2D eigenvalue weighted by molar-refractivity contribution is 5.87. The molecular formula is C25H19F5N6O2. The van der Waals surface area contributed by atoms with E-state index in [1.165, 1.54) is 54.7 Å². The van der Waals surface area contributed by atoms with Gasteiger partial charge >= 0.3 is 12.7 Å². The van der Waals surface area contributed by atoms with Crippen molar-refractivity contribution in [1.82, 2.24) is 19.6 Å². The van der Waals surface area contributed by atoms with Gasteiger partial charge in [0.05, 0.1) is 24.6 Å². The van der Waals surface area contributed by atoms with Crippen LogP contribution < -0.4 is 15.5 Å². The molecule has 4 rings (SSSR count). The predicted molar refractivity (Wildman–Crippen MR) is 131 cm³/mol. The van der Waals surface area contributed by atoms with Gasteiger partial charge < -0.3 is 15.5 Å². The molecule has 0 radical (unpaired) electrons. The highest BCUT2D eigenvalue weighted by Gasteiger charge is 2.30. The summed E-state index contributed by atoms with van der Waals surface area (Å²) in [6.07, 6.45) is 1.32. The number of nitrogens with one attached hydrogen (secondary N) is 2. The number of rotatable bonds is 8. The van der Waals surface area contributed by atoms with Crippen molar-refractivity contribution in [3.8, 4) is 22.6 Å². The summed E-state index contributed by atoms with van der Waals surface area (Å²) < 4.78 is 72.5. The molecule has 0 aliphatic heterocycles. The SMILES string of the molecule is COc1cc(-c2cnn(C(F)F)c2)ccc1-n1ccc(=O)c(/C(=C/C=N)Nc2cccc(C(F)(F)F)c2)n1. The Kier molecular flexibility index (Phi) is 7.37. The van der Waals surface area contributed by atoms with E-state index in [1.807, 2.05) is 0 Å². The average molecular weight is 530 g/mol. The molecule has 0 aliphatic rings. The van der Waals surface area contributed by atoms with Crippen LogP contribution in [0.5, 0.6) is 5.75 Å². The minimum absolute atomic E-state index is 0.00586. The second kappa shape index (κ2) is 10.7. The highest BCUT2D eigenvalue weighted by atomic mass is 19.4. The van der Waals surface area contributed by atoms with Gasteiger partial charge in [-0.1, -0.05) is 12.1 Å². The lowest BCUT2D eigenvalue weighted by atomic mass is 10.1. The number of hydrogen-bond acceptors (Lipinski definition) is 6. The summed E-state index contributed by atoms with van der Waals surface area (Å²) >= 11 is 0. The third-order valence-corrected chi connectivity index (χ3v) is 5.34. The summed E-state index contributed by atoms with van der Waals surface area (Å²) in [4.78, 5) is 12.7. The normalized spacial score (nSPS) is 12.0. The van der Waals surface area contributed by atoms with Crippen molar-refractivity contribution in [3.63, 3.8) is 0 Å². The topological polar surface area (TPSA) is 97.8 Å². The summed E-state index contributed by atoms with van der Waals surface area (Å²) in [5, 5.41) is 18.1. The number of methoxy groups -OCH3 is 1. The standard InChI is InChI=1S/C25H19F5N6O2/c1-38-22-11-15(16-13-32-36(14-16)24(26)27)5-6-20(22)35-10-8-21(37)23(34-35)19(7-9-31)33-18-4-2-3-17(12-18)25(28,29)30/h2-14,24,31,33H,1H3/b19-7-,31-9?. The maximum absolute atomic E-state index is 13.1. The maximum Gasteiger partial charge on any atom is 0.416 e. The Morgan fingerprint density at radius 3 is 2.58 bits per heavy atom. The Balaban J connectivity index is 1.72. The van der Waals surface area contributed by atoms with E-state index in [1.54, 1.807) is 18.2 Å². The lowest BCUT2D eigenvalue weighted by Crippen LogP contribution is -2.19. The van der Waals surface area contributed by atoms with Crippen molar-refractivity contribution in [1.29, 1.82) is 5.41 Å². The minimum atomic E-state index is -4.57. The van der Waals surface area contributed by atoms with Crippen LogP contribution in [0.3, 0.4) is 0 Å². The van der Waals surface area contributed by atoms with Crippen molar-refractivity contribution < 1.29 is 26.7 Å². The predicted octanol–water partition coefficient (Wildman–Crippen LogP) is 5.62. The molecule has 8 nitrogen and oxygen atoms in total. The summed E-state index contributed by atoms with van der Waals surface area (Å²) in [6, 6.07) is 10.4. The number of anilines is 1. The minimum Gasteiger partial charge on any atom is -0.494 e. The first-order chi connectivity index (χ1) is 18.1. The van der Waals surface area contributed by atoms with E-state index >= 15 is 0 Å². The van der Waals surface area contributed by atoms with Gasteiger partial charge in [0.15, 0.2) is 5.69 Å². The second-order valence-electron chi connectivity index (χ2n) is 7.80. The summed E-state index contributed by atoms with van der Waals surface area (Å²) in [5.74, 6) is 0.290. The average Bonchev–Trinajstić information content (AvgIpc) is 3.39. The fourth-order valence-electron chi connectivity index (χ4n) is 3.56. The van der Waals surface area contributed by atoms with E-state index in [0.717, 1.165) is 18.3 Å². The van der Waals surface area contributed by atoms with Gasteiger partial charge in [-0.05, 0) is 42.0 Å². The van der Waals surface area contributed by atoms with Gasteiger partial charge in [0.2, 0.25) is 5.43 Å². The molecule has 2 N–H and O–H groups in total. The van der Waals surface area contributed by atoms with Gasteiger partial charge in [0.25, 0.3) is 0 Å². The Morgan fingerprint density at radius 2 is 1.92 bits per heavy atom. The highest BCUT2D eigenvalue weighted by Crippen LogP contribution is 2.32. The molecule has 0 aliphatic carbocycles. The molecule has 13 heteroatoms. The number of benzene rings is 2. The van der Waals surface area contributed by atoms with Crippen LogP contribution in [0.15, 0.2) is 78.0 Å². The molecular weight excluding hydrogens is 511 g/mol. The van der Waals surface area contributed by atoms with Crippen molar-refractivity contribution in [3.05, 3.63) is 94.7 Å². The van der Waals surface area contributed by atoms with Crippen molar-refractivity contribution >= 4 is 17.6 Å². The summed E-state index contributed by atoms with van der Waals surface area (Å²) in [7, 11) is 1.39. The zero-order chi connectivity index (χ0) is 27.4. The molecule has 0 saturated heterocycles. The third kappa shape index (κ3) is 5.61. The summed E-state index contributed by atoms with van der Waals surface area (Å²) in [6.45, 7) is -2.79. The molecule has 196 valence electrons. The zero-order valence-corrected chi connectivity index (χ0v) is 19.6. The molecule has 0 saturated carbocycles. The molecule has 0 unspecified atom stereocenters. The molecule has 2 aromatic heterocycles. The molecule has 2 heterocycles. The Hall–Kier alpha value is -4.81. The van der Waals surface area contributed by atoms with Crippen LogP contribution in [-0.2, 0) is 6.18 Å². The van der Waals surface area contributed by atoms with Crippen LogP contribution in [0.2, 0.25) is 0 Å². The molecule has 0 bridgehead atoms. The number of ether oxygens (including phenoxy) is 1. The van der Waals surface area contributed by atoms with Crippen LogP contribution in [-0.4, -0.2) is 32.9 Å². The molecule has 0 atom stereocenters. The van der Waals surface area contributed by atoms with Gasteiger partial charge in [0.1, 0.15) is 11.4 Å². The van der Waals surface area contributed by atoms with E-state index in [9.17, 15) is 26.7 Å². The third-order valence-electron chi connectivity index (χ3n) is 5.34. The fraction of sp³-hybridized carbons (Fsp3) is 0.120. The lowest BCUT2D eigenvalue weighted by Gasteiger charge is -2.15. The molecule has 0 amide bonds. The monoisotopic (exact) mass is 530 g/mol. The van der Waals surface area contributed by atoms with Gasteiger partial charge in [-0.3, -0.25) is 4.79 Å². The first-order valence-corrected chi connectivity index (χ1v) is 10.9. The second-order valence-corrected chi connectivity index (χ2v) is 7.80. The molecule has 38 heavy (non-hydrogen) atoms. The zero-order valence-electron chi connectivity index (χ0n) is 19.6. The number of nitrogens with zero attached hydrogens (tertiary/aromatic N) is 4. The van der Waals surface area contributed by atoms with Crippen molar-refractivity contribution in [2.24, 2.45) is 0 Å². The van der Waals surface area contributed by atoms with E-state index in [2.05, 4.69) is 15.5 Å². The fourth-order valence-corrected chi connectivity index (χ4v) is 3.56. The van der Waals surface area contributed by atoms with Crippen LogP contribution in [0, 0.1) is 5.41 Å². The molecule has 4 aromatic rings. The van der Waals surface area contributed by atoms with Crippen molar-refractivity contribution in [2.75, 3.05) is 12.4 Å². The number of aromatic nitrogens is 4. The number of alkyl halides is 5.